The van der Waals surface area contributed by atoms with Crippen LogP contribution in [0.4, 0.5) is 16.5 Å². The summed E-state index contributed by atoms with van der Waals surface area (Å²) in [5.74, 6) is 1.15. The first kappa shape index (κ1) is 24.6. The monoisotopic (exact) mass is 506 g/mol. The lowest BCUT2D eigenvalue weighted by Crippen LogP contribution is -2.19. The molecular weight excluding hydrogens is 480 g/mol. The molecule has 4 rings (SSSR count). The number of carbonyl (C=O) groups excluding carboxylic acids is 1. The van der Waals surface area contributed by atoms with E-state index in [2.05, 4.69) is 20.8 Å². The van der Waals surface area contributed by atoms with Crippen LogP contribution in [-0.4, -0.2) is 30.3 Å². The Kier molecular flexibility index (Phi) is 7.89. The first-order valence-electron chi connectivity index (χ1n) is 10.9. The lowest BCUT2D eigenvalue weighted by atomic mass is 10.1. The van der Waals surface area contributed by atoms with Gasteiger partial charge in [0, 0.05) is 0 Å². The number of carbonyl (C=O) groups is 1. The quantitative estimate of drug-likeness (QED) is 0.255. The van der Waals surface area contributed by atoms with Crippen molar-refractivity contribution < 1.29 is 14.3 Å². The fraction of sp³-hybridized carbons (Fsp3) is 0.192. The van der Waals surface area contributed by atoms with Crippen molar-refractivity contribution in [3.8, 4) is 11.5 Å². The van der Waals surface area contributed by atoms with Crippen LogP contribution in [0.15, 0.2) is 71.1 Å². The Balaban J connectivity index is 1.57. The van der Waals surface area contributed by atoms with E-state index in [0.717, 1.165) is 22.4 Å². The molecule has 7 nitrogen and oxygen atoms in total. The number of aromatic nitrogens is 2. The lowest BCUT2D eigenvalue weighted by Gasteiger charge is -2.17. The summed E-state index contributed by atoms with van der Waals surface area (Å²) in [6, 6.07) is 21.2. The Bertz CT molecular complexity index is 1310. The fourth-order valence-corrected chi connectivity index (χ4v) is 5.42. The number of ether oxygens (including phenoxy) is 2. The van der Waals surface area contributed by atoms with Crippen LogP contribution in [0.2, 0.25) is 0 Å². The molecular formula is C26H26N4O3S2. The van der Waals surface area contributed by atoms with Crippen molar-refractivity contribution in [1.82, 2.24) is 10.2 Å². The van der Waals surface area contributed by atoms with Crippen LogP contribution in [0, 0.1) is 13.8 Å². The van der Waals surface area contributed by atoms with Gasteiger partial charge < -0.3 is 20.1 Å². The van der Waals surface area contributed by atoms with Crippen molar-refractivity contribution in [3.63, 3.8) is 0 Å². The molecule has 35 heavy (non-hydrogen) atoms. The molecule has 0 fully saturated rings. The van der Waals surface area contributed by atoms with Crippen LogP contribution in [-0.2, 0) is 4.79 Å². The van der Waals surface area contributed by atoms with E-state index in [1.165, 1.54) is 23.1 Å². The van der Waals surface area contributed by atoms with Gasteiger partial charge in [-0.2, -0.15) is 0 Å². The molecule has 4 aromatic rings. The molecule has 0 aliphatic carbocycles. The maximum atomic E-state index is 13.5. The molecule has 0 saturated carbocycles. The molecule has 3 aromatic carbocycles. The van der Waals surface area contributed by atoms with Gasteiger partial charge in [-0.15, -0.1) is 10.2 Å². The van der Waals surface area contributed by atoms with Crippen molar-refractivity contribution in [1.29, 1.82) is 0 Å². The minimum atomic E-state index is -0.532. The lowest BCUT2D eigenvalue weighted by molar-refractivity contribution is -0.115. The van der Waals surface area contributed by atoms with Crippen LogP contribution in [0.3, 0.4) is 0 Å². The predicted octanol–water partition coefficient (Wildman–Crippen LogP) is 6.39. The smallest absolute Gasteiger partial charge is 0.242 e. The molecule has 0 saturated heterocycles. The number of nitrogens with one attached hydrogen (secondary N) is 2. The number of hydrogen-bond donors (Lipinski definition) is 2. The van der Waals surface area contributed by atoms with E-state index in [-0.39, 0.29) is 5.91 Å². The molecule has 0 radical (unpaired) electrons. The van der Waals surface area contributed by atoms with E-state index in [4.69, 9.17) is 9.47 Å². The Labute approximate surface area is 212 Å². The molecule has 1 aromatic heterocycles. The van der Waals surface area contributed by atoms with Crippen molar-refractivity contribution in [2.24, 2.45) is 0 Å². The maximum absolute atomic E-state index is 13.5. The highest BCUT2D eigenvalue weighted by molar-refractivity contribution is 8.02. The highest BCUT2D eigenvalue weighted by Crippen LogP contribution is 2.40. The number of amides is 1. The average molecular weight is 507 g/mol. The van der Waals surface area contributed by atoms with Crippen molar-refractivity contribution in [2.75, 3.05) is 24.9 Å². The summed E-state index contributed by atoms with van der Waals surface area (Å²) in [5.41, 5.74) is 4.43. The second-order valence-corrected chi connectivity index (χ2v) is 10.1. The molecule has 1 amide bonds. The summed E-state index contributed by atoms with van der Waals surface area (Å²) in [5, 5.41) is 15.0. The van der Waals surface area contributed by atoms with E-state index in [1.54, 1.807) is 14.2 Å². The fourth-order valence-electron chi connectivity index (χ4n) is 3.46. The second-order valence-electron chi connectivity index (χ2n) is 7.80. The van der Waals surface area contributed by atoms with Gasteiger partial charge in [-0.25, -0.2) is 0 Å². The van der Waals surface area contributed by atoms with Gasteiger partial charge in [0.25, 0.3) is 0 Å². The third-order valence-electron chi connectivity index (χ3n) is 5.18. The van der Waals surface area contributed by atoms with Crippen LogP contribution in [0.1, 0.15) is 21.9 Å². The van der Waals surface area contributed by atoms with Crippen LogP contribution < -0.4 is 20.1 Å². The number of methoxy groups -OCH3 is 2. The van der Waals surface area contributed by atoms with Gasteiger partial charge in [0.15, 0.2) is 4.34 Å². The molecule has 0 spiro atoms. The van der Waals surface area contributed by atoms with Crippen molar-refractivity contribution in [3.05, 3.63) is 83.4 Å². The summed E-state index contributed by atoms with van der Waals surface area (Å²) in [7, 11) is 3.21. The van der Waals surface area contributed by atoms with E-state index in [9.17, 15) is 4.79 Å². The number of nitrogens with zero attached hydrogens (tertiary/aromatic N) is 2. The summed E-state index contributed by atoms with van der Waals surface area (Å²) < 4.78 is 11.5. The first-order valence-corrected chi connectivity index (χ1v) is 12.6. The SMILES string of the molecule is COc1ccc(C)cc1NC(=O)[C@H](Sc1nnc(Nc2cc(C)ccc2OC)s1)c1ccccc1. The van der Waals surface area contributed by atoms with Gasteiger partial charge in [-0.1, -0.05) is 65.6 Å². The van der Waals surface area contributed by atoms with Gasteiger partial charge in [-0.05, 0) is 54.8 Å². The van der Waals surface area contributed by atoms with Gasteiger partial charge >= 0.3 is 0 Å². The predicted molar refractivity (Wildman–Crippen MR) is 142 cm³/mol. The Morgan fingerprint density at radius 3 is 2.17 bits per heavy atom. The molecule has 9 heteroatoms. The zero-order chi connectivity index (χ0) is 24.8. The summed E-state index contributed by atoms with van der Waals surface area (Å²) in [6.45, 7) is 3.98. The number of rotatable bonds is 9. The number of anilines is 3. The van der Waals surface area contributed by atoms with Crippen molar-refractivity contribution in [2.45, 2.75) is 23.4 Å². The minimum Gasteiger partial charge on any atom is -0.495 e. The number of aryl methyl sites for hydroxylation is 2. The zero-order valence-corrected chi connectivity index (χ0v) is 21.5. The molecule has 1 heterocycles. The third kappa shape index (κ3) is 6.12. The van der Waals surface area contributed by atoms with E-state index >= 15 is 0 Å². The molecule has 2 N–H and O–H groups in total. The topological polar surface area (TPSA) is 85.4 Å². The number of thioether (sulfide) groups is 1. The van der Waals surface area contributed by atoms with Gasteiger partial charge in [0.05, 0.1) is 25.6 Å². The molecule has 0 bridgehead atoms. The van der Waals surface area contributed by atoms with Crippen LogP contribution in [0.25, 0.3) is 0 Å². The zero-order valence-electron chi connectivity index (χ0n) is 19.9. The summed E-state index contributed by atoms with van der Waals surface area (Å²) >= 11 is 2.73. The first-order chi connectivity index (χ1) is 17.0. The summed E-state index contributed by atoms with van der Waals surface area (Å²) in [4.78, 5) is 13.5. The molecule has 180 valence electrons. The molecule has 0 aliphatic heterocycles. The molecule has 0 aliphatic rings. The third-order valence-corrected chi connectivity index (χ3v) is 7.35. The van der Waals surface area contributed by atoms with Crippen LogP contribution in [0.5, 0.6) is 11.5 Å². The van der Waals surface area contributed by atoms with E-state index < -0.39 is 5.25 Å². The second kappa shape index (κ2) is 11.2. The Morgan fingerprint density at radius 1 is 0.886 bits per heavy atom. The maximum Gasteiger partial charge on any atom is 0.242 e. The highest BCUT2D eigenvalue weighted by Gasteiger charge is 2.25. The standard InChI is InChI=1S/C26H26N4O3S2/c1-16-10-12-21(32-3)19(14-16)27-24(31)23(18-8-6-5-7-9-18)34-26-30-29-25(35-26)28-20-15-17(2)11-13-22(20)33-4/h5-15,23H,1-4H3,(H,27,31)(H,28,29)/t23-/m1/s1. The summed E-state index contributed by atoms with van der Waals surface area (Å²) in [6.07, 6.45) is 0. The normalized spacial score (nSPS) is 11.5. The highest BCUT2D eigenvalue weighted by atomic mass is 32.2. The van der Waals surface area contributed by atoms with Gasteiger partial charge in [-0.3, -0.25) is 4.79 Å². The van der Waals surface area contributed by atoms with E-state index in [0.29, 0.717) is 26.7 Å². The Morgan fingerprint density at radius 2 is 1.51 bits per heavy atom. The van der Waals surface area contributed by atoms with E-state index in [1.807, 2.05) is 80.6 Å². The minimum absolute atomic E-state index is 0.171. The Hall–Kier alpha value is -3.56. The van der Waals surface area contributed by atoms with Gasteiger partial charge in [0.2, 0.25) is 11.0 Å². The number of benzene rings is 3. The van der Waals surface area contributed by atoms with Crippen molar-refractivity contribution >= 4 is 45.5 Å². The van der Waals surface area contributed by atoms with Gasteiger partial charge in [0.1, 0.15) is 16.7 Å². The molecule has 0 unspecified atom stereocenters. The average Bonchev–Trinajstić information content (AvgIpc) is 3.30. The molecule has 1 atom stereocenters. The van der Waals surface area contributed by atoms with Crippen LogP contribution >= 0.6 is 23.1 Å². The largest absolute Gasteiger partial charge is 0.495 e. The number of hydrogen-bond acceptors (Lipinski definition) is 8.